The van der Waals surface area contributed by atoms with Gasteiger partial charge in [-0.15, -0.1) is 0 Å². The molecular weight excluding hydrogens is 230 g/mol. The van der Waals surface area contributed by atoms with Gasteiger partial charge in [0.15, 0.2) is 0 Å². The van der Waals surface area contributed by atoms with E-state index in [1.165, 1.54) is 6.20 Å². The number of nitrogens with one attached hydrogen (secondary N) is 2. The number of aliphatic hydroxyl groups is 1. The van der Waals surface area contributed by atoms with Crippen LogP contribution in [0.1, 0.15) is 25.5 Å². The van der Waals surface area contributed by atoms with Gasteiger partial charge in [-0.25, -0.2) is 13.1 Å². The maximum atomic E-state index is 11.9. The normalized spacial score (nSPS) is 13.9. The fraction of sp³-hybridized carbons (Fsp3) is 0.667. The van der Waals surface area contributed by atoms with Crippen molar-refractivity contribution in [2.75, 3.05) is 6.61 Å². The van der Waals surface area contributed by atoms with Crippen LogP contribution in [-0.2, 0) is 10.0 Å². The van der Waals surface area contributed by atoms with Crippen molar-refractivity contribution in [2.24, 2.45) is 0 Å². The van der Waals surface area contributed by atoms with Gasteiger partial charge < -0.3 is 5.11 Å². The lowest BCUT2D eigenvalue weighted by atomic mass is 10.2. The molecule has 0 aliphatic rings. The highest BCUT2D eigenvalue weighted by molar-refractivity contribution is 7.89. The van der Waals surface area contributed by atoms with E-state index >= 15 is 0 Å². The maximum absolute atomic E-state index is 11.9. The monoisotopic (exact) mass is 247 g/mol. The van der Waals surface area contributed by atoms with Crippen LogP contribution >= 0.6 is 0 Å². The molecule has 0 aromatic carbocycles. The molecule has 16 heavy (non-hydrogen) atoms. The molecule has 0 spiro atoms. The summed E-state index contributed by atoms with van der Waals surface area (Å²) in [7, 11) is -3.54. The minimum Gasteiger partial charge on any atom is -0.396 e. The first-order valence-corrected chi connectivity index (χ1v) is 6.62. The molecule has 0 saturated heterocycles. The molecule has 0 radical (unpaired) electrons. The summed E-state index contributed by atoms with van der Waals surface area (Å²) < 4.78 is 26.4. The smallest absolute Gasteiger partial charge is 0.244 e. The lowest BCUT2D eigenvalue weighted by Crippen LogP contribution is -2.35. The average Bonchev–Trinajstić information content (AvgIpc) is 2.64. The highest BCUT2D eigenvalue weighted by Crippen LogP contribution is 2.12. The molecule has 7 heteroatoms. The third-order valence-electron chi connectivity index (χ3n) is 2.37. The number of hydrogen-bond acceptors (Lipinski definition) is 4. The molecule has 1 unspecified atom stereocenters. The van der Waals surface area contributed by atoms with Gasteiger partial charge in [-0.1, -0.05) is 6.92 Å². The number of aliphatic hydroxyl groups excluding tert-OH is 1. The number of aromatic nitrogens is 2. The topological polar surface area (TPSA) is 95.1 Å². The van der Waals surface area contributed by atoms with Crippen LogP contribution in [-0.4, -0.2) is 36.4 Å². The number of aryl methyl sites for hydroxylation is 1. The third kappa shape index (κ3) is 3.03. The van der Waals surface area contributed by atoms with E-state index in [1.54, 1.807) is 6.92 Å². The second-order valence-corrected chi connectivity index (χ2v) is 5.28. The molecule has 0 bridgehead atoms. The molecule has 92 valence electrons. The largest absolute Gasteiger partial charge is 0.396 e. The Kier molecular flexibility index (Phi) is 4.45. The first-order valence-electron chi connectivity index (χ1n) is 5.14. The first kappa shape index (κ1) is 13.1. The Balaban J connectivity index is 2.83. The summed E-state index contributed by atoms with van der Waals surface area (Å²) >= 11 is 0. The fourth-order valence-corrected chi connectivity index (χ4v) is 2.89. The average molecular weight is 247 g/mol. The van der Waals surface area contributed by atoms with E-state index in [2.05, 4.69) is 14.9 Å². The number of sulfonamides is 1. The highest BCUT2D eigenvalue weighted by atomic mass is 32.2. The van der Waals surface area contributed by atoms with Crippen LogP contribution in [0.3, 0.4) is 0 Å². The van der Waals surface area contributed by atoms with Gasteiger partial charge >= 0.3 is 0 Å². The van der Waals surface area contributed by atoms with Crippen LogP contribution in [0.2, 0.25) is 0 Å². The van der Waals surface area contributed by atoms with Crippen molar-refractivity contribution in [3.05, 3.63) is 11.9 Å². The van der Waals surface area contributed by atoms with Crippen molar-refractivity contribution in [1.29, 1.82) is 0 Å². The van der Waals surface area contributed by atoms with Gasteiger partial charge in [-0.3, -0.25) is 5.10 Å². The first-order chi connectivity index (χ1) is 7.51. The Morgan fingerprint density at radius 2 is 2.31 bits per heavy atom. The minimum absolute atomic E-state index is 0.0363. The summed E-state index contributed by atoms with van der Waals surface area (Å²) in [6, 6.07) is -0.246. The number of H-pyrrole nitrogens is 1. The van der Waals surface area contributed by atoms with Crippen LogP contribution in [0.4, 0.5) is 0 Å². The summed E-state index contributed by atoms with van der Waals surface area (Å²) in [6.07, 6.45) is 2.33. The molecule has 0 aliphatic heterocycles. The second-order valence-electron chi connectivity index (χ2n) is 3.60. The lowest BCUT2D eigenvalue weighted by Gasteiger charge is -2.15. The molecular formula is C9H17N3O3S. The lowest BCUT2D eigenvalue weighted by molar-refractivity contribution is 0.270. The van der Waals surface area contributed by atoms with Gasteiger partial charge in [0.2, 0.25) is 10.0 Å². The summed E-state index contributed by atoms with van der Waals surface area (Å²) in [4.78, 5) is 0.156. The molecule has 1 aromatic heterocycles. The Bertz CT molecular complexity index is 427. The van der Waals surface area contributed by atoms with E-state index in [4.69, 9.17) is 5.11 Å². The predicted molar refractivity (Wildman–Crippen MR) is 59.4 cm³/mol. The maximum Gasteiger partial charge on any atom is 0.244 e. The van der Waals surface area contributed by atoms with Crippen molar-refractivity contribution in [3.8, 4) is 0 Å². The van der Waals surface area contributed by atoms with Crippen LogP contribution in [0.25, 0.3) is 0 Å². The van der Waals surface area contributed by atoms with Crippen molar-refractivity contribution in [3.63, 3.8) is 0 Å². The van der Waals surface area contributed by atoms with Crippen molar-refractivity contribution >= 4 is 10.0 Å². The molecule has 1 rings (SSSR count). The molecule has 1 aromatic rings. The number of nitrogens with zero attached hydrogens (tertiary/aromatic N) is 1. The Morgan fingerprint density at radius 1 is 1.62 bits per heavy atom. The summed E-state index contributed by atoms with van der Waals surface area (Å²) in [5.74, 6) is 0. The van der Waals surface area contributed by atoms with Gasteiger partial charge in [-0.2, -0.15) is 5.10 Å². The zero-order valence-corrected chi connectivity index (χ0v) is 10.2. The van der Waals surface area contributed by atoms with E-state index in [0.717, 1.165) is 0 Å². The number of rotatable bonds is 6. The van der Waals surface area contributed by atoms with E-state index in [1.807, 2.05) is 6.92 Å². The molecule has 3 N–H and O–H groups in total. The van der Waals surface area contributed by atoms with Crippen LogP contribution in [0.15, 0.2) is 11.1 Å². The van der Waals surface area contributed by atoms with Crippen molar-refractivity contribution in [1.82, 2.24) is 14.9 Å². The van der Waals surface area contributed by atoms with Crippen LogP contribution in [0, 0.1) is 6.92 Å². The third-order valence-corrected chi connectivity index (χ3v) is 4.00. The standard InChI is InChI=1S/C9H17N3O3S/c1-3-8(4-5-13)12-16(14,15)9-6-10-11-7(9)2/h6,8,12-13H,3-5H2,1-2H3,(H,10,11). The number of hydrogen-bond donors (Lipinski definition) is 3. The van der Waals surface area contributed by atoms with Crippen molar-refractivity contribution in [2.45, 2.75) is 37.6 Å². The van der Waals surface area contributed by atoms with E-state index in [-0.39, 0.29) is 17.5 Å². The zero-order valence-electron chi connectivity index (χ0n) is 9.40. The molecule has 0 fully saturated rings. The molecule has 0 amide bonds. The molecule has 0 saturated carbocycles. The Labute approximate surface area is 95.1 Å². The van der Waals surface area contributed by atoms with E-state index < -0.39 is 10.0 Å². The predicted octanol–water partition coefficient (Wildman–Crippen LogP) is 0.157. The molecule has 1 atom stereocenters. The number of aromatic amines is 1. The molecule has 6 nitrogen and oxygen atoms in total. The molecule has 0 aliphatic carbocycles. The Hall–Kier alpha value is -0.920. The van der Waals surface area contributed by atoms with Crippen molar-refractivity contribution < 1.29 is 13.5 Å². The van der Waals surface area contributed by atoms with Gasteiger partial charge in [0.1, 0.15) is 4.90 Å². The van der Waals surface area contributed by atoms with Crippen LogP contribution < -0.4 is 4.72 Å². The quantitative estimate of drug-likeness (QED) is 0.667. The second kappa shape index (κ2) is 5.42. The fourth-order valence-electron chi connectivity index (χ4n) is 1.40. The van der Waals surface area contributed by atoms with E-state index in [0.29, 0.717) is 18.5 Å². The molecule has 1 heterocycles. The Morgan fingerprint density at radius 3 is 2.75 bits per heavy atom. The van der Waals surface area contributed by atoms with Gasteiger partial charge in [0, 0.05) is 12.6 Å². The zero-order chi connectivity index (χ0) is 12.2. The van der Waals surface area contributed by atoms with Crippen LogP contribution in [0.5, 0.6) is 0 Å². The SMILES string of the molecule is CCC(CCO)NS(=O)(=O)c1cn[nH]c1C. The van der Waals surface area contributed by atoms with E-state index in [9.17, 15) is 8.42 Å². The highest BCUT2D eigenvalue weighted by Gasteiger charge is 2.21. The van der Waals surface area contributed by atoms with Gasteiger partial charge in [-0.05, 0) is 19.8 Å². The van der Waals surface area contributed by atoms with Gasteiger partial charge in [0.25, 0.3) is 0 Å². The minimum atomic E-state index is -3.54. The summed E-state index contributed by atoms with van der Waals surface area (Å²) in [5, 5.41) is 15.0. The summed E-state index contributed by atoms with van der Waals surface area (Å²) in [6.45, 7) is 3.48. The summed E-state index contributed by atoms with van der Waals surface area (Å²) in [5.41, 5.74) is 0.506. The van der Waals surface area contributed by atoms with Gasteiger partial charge in [0.05, 0.1) is 11.9 Å².